The summed E-state index contributed by atoms with van der Waals surface area (Å²) in [6, 6.07) is 1.47. The Balaban J connectivity index is 1.61. The highest BCUT2D eigenvalue weighted by Gasteiger charge is 2.34. The van der Waals surface area contributed by atoms with Gasteiger partial charge in [0.25, 0.3) is 5.91 Å². The molecule has 1 aromatic rings. The molecular weight excluding hydrogens is 310 g/mol. The standard InChI is InChI=1S/C17H25N3O2S/c1-11(16(22)19-17-14(15(18)21)7-9-23-17)20-8-6-12-4-2-3-5-13(12)10-20/h7,9,11-13H,2-6,8,10H2,1H3,(H2,18,21)(H,19,22). The molecule has 3 N–H and O–H groups in total. The Labute approximate surface area is 141 Å². The molecule has 1 aliphatic carbocycles. The number of primary amides is 1. The van der Waals surface area contributed by atoms with Crippen molar-refractivity contribution >= 4 is 28.2 Å². The minimum Gasteiger partial charge on any atom is -0.366 e. The first-order chi connectivity index (χ1) is 11.1. The van der Waals surface area contributed by atoms with Gasteiger partial charge < -0.3 is 11.1 Å². The number of nitrogens with one attached hydrogen (secondary N) is 1. The summed E-state index contributed by atoms with van der Waals surface area (Å²) in [7, 11) is 0. The smallest absolute Gasteiger partial charge is 0.251 e. The maximum Gasteiger partial charge on any atom is 0.251 e. The van der Waals surface area contributed by atoms with E-state index in [2.05, 4.69) is 10.2 Å². The van der Waals surface area contributed by atoms with Gasteiger partial charge >= 0.3 is 0 Å². The first kappa shape index (κ1) is 16.5. The Morgan fingerprint density at radius 2 is 2.04 bits per heavy atom. The number of amides is 2. The lowest BCUT2D eigenvalue weighted by molar-refractivity contribution is -0.121. The van der Waals surface area contributed by atoms with Crippen molar-refractivity contribution in [2.24, 2.45) is 17.6 Å². The number of thiophene rings is 1. The third-order valence-corrected chi connectivity index (χ3v) is 6.25. The molecule has 1 aromatic heterocycles. The highest BCUT2D eigenvalue weighted by atomic mass is 32.1. The minimum atomic E-state index is -0.503. The molecule has 3 unspecified atom stereocenters. The van der Waals surface area contributed by atoms with Gasteiger partial charge in [-0.2, -0.15) is 0 Å². The zero-order valence-electron chi connectivity index (χ0n) is 13.6. The lowest BCUT2D eigenvalue weighted by Gasteiger charge is -2.43. The Kier molecular flexibility index (Phi) is 5.02. The molecule has 1 saturated heterocycles. The number of piperidine rings is 1. The number of carbonyl (C=O) groups excluding carboxylic acids is 2. The molecule has 6 heteroatoms. The summed E-state index contributed by atoms with van der Waals surface area (Å²) in [5.41, 5.74) is 5.72. The maximum absolute atomic E-state index is 12.5. The van der Waals surface area contributed by atoms with Crippen molar-refractivity contribution in [1.82, 2.24) is 4.90 Å². The molecule has 2 heterocycles. The van der Waals surface area contributed by atoms with E-state index in [0.29, 0.717) is 10.6 Å². The van der Waals surface area contributed by atoms with Crippen molar-refractivity contribution in [3.8, 4) is 0 Å². The minimum absolute atomic E-state index is 0.0517. The molecule has 0 bridgehead atoms. The highest BCUT2D eigenvalue weighted by Crippen LogP contribution is 2.36. The van der Waals surface area contributed by atoms with E-state index in [1.165, 1.54) is 43.4 Å². The van der Waals surface area contributed by atoms with Gasteiger partial charge in [-0.05, 0) is 49.6 Å². The number of fused-ring (bicyclic) bond motifs is 1. The van der Waals surface area contributed by atoms with E-state index in [9.17, 15) is 9.59 Å². The summed E-state index contributed by atoms with van der Waals surface area (Å²) in [6.07, 6.45) is 6.55. The molecule has 23 heavy (non-hydrogen) atoms. The molecular formula is C17H25N3O2S. The van der Waals surface area contributed by atoms with Crippen LogP contribution in [0.25, 0.3) is 0 Å². The van der Waals surface area contributed by atoms with Crippen molar-refractivity contribution in [2.75, 3.05) is 18.4 Å². The van der Waals surface area contributed by atoms with Crippen LogP contribution in [0.5, 0.6) is 0 Å². The molecule has 3 rings (SSSR count). The number of anilines is 1. The van der Waals surface area contributed by atoms with Crippen LogP contribution in [0.4, 0.5) is 5.00 Å². The number of hydrogen-bond acceptors (Lipinski definition) is 4. The van der Waals surface area contributed by atoms with E-state index in [-0.39, 0.29) is 11.9 Å². The Morgan fingerprint density at radius 1 is 1.30 bits per heavy atom. The van der Waals surface area contributed by atoms with Gasteiger partial charge in [0.1, 0.15) is 5.00 Å². The van der Waals surface area contributed by atoms with Crippen LogP contribution in [-0.2, 0) is 4.79 Å². The van der Waals surface area contributed by atoms with Crippen LogP contribution in [0.1, 0.15) is 49.4 Å². The van der Waals surface area contributed by atoms with Gasteiger partial charge in [-0.25, -0.2) is 0 Å². The van der Waals surface area contributed by atoms with Gasteiger partial charge in [-0.1, -0.05) is 19.3 Å². The van der Waals surface area contributed by atoms with Crippen LogP contribution in [0.15, 0.2) is 11.4 Å². The molecule has 2 aliphatic rings. The van der Waals surface area contributed by atoms with Gasteiger partial charge in [0.2, 0.25) is 5.91 Å². The molecule has 3 atom stereocenters. The molecule has 1 saturated carbocycles. The molecule has 2 fully saturated rings. The van der Waals surface area contributed by atoms with Crippen LogP contribution in [0, 0.1) is 11.8 Å². The van der Waals surface area contributed by atoms with Crippen molar-refractivity contribution < 1.29 is 9.59 Å². The van der Waals surface area contributed by atoms with Crippen LogP contribution in [0.2, 0.25) is 0 Å². The highest BCUT2D eigenvalue weighted by molar-refractivity contribution is 7.14. The van der Waals surface area contributed by atoms with E-state index in [4.69, 9.17) is 5.73 Å². The zero-order chi connectivity index (χ0) is 16.4. The number of nitrogens with two attached hydrogens (primary N) is 1. The first-order valence-electron chi connectivity index (χ1n) is 8.48. The van der Waals surface area contributed by atoms with E-state index < -0.39 is 5.91 Å². The molecule has 0 aromatic carbocycles. The predicted octanol–water partition coefficient (Wildman–Crippen LogP) is 2.69. The fraction of sp³-hybridized carbons (Fsp3) is 0.647. The zero-order valence-corrected chi connectivity index (χ0v) is 14.4. The normalized spacial score (nSPS) is 26.3. The second kappa shape index (κ2) is 7.01. The topological polar surface area (TPSA) is 75.4 Å². The van der Waals surface area contributed by atoms with E-state index in [1.807, 2.05) is 6.92 Å². The first-order valence-corrected chi connectivity index (χ1v) is 9.36. The fourth-order valence-corrected chi connectivity index (χ4v) is 4.76. The molecule has 0 spiro atoms. The number of nitrogens with zero attached hydrogens (tertiary/aromatic N) is 1. The molecule has 126 valence electrons. The maximum atomic E-state index is 12.5. The van der Waals surface area contributed by atoms with Gasteiger partial charge in [-0.3, -0.25) is 14.5 Å². The number of likely N-dealkylation sites (tertiary alicyclic amines) is 1. The number of hydrogen-bond donors (Lipinski definition) is 2. The second-order valence-corrected chi connectivity index (χ2v) is 7.70. The monoisotopic (exact) mass is 335 g/mol. The predicted molar refractivity (Wildman–Crippen MR) is 92.6 cm³/mol. The third kappa shape index (κ3) is 3.58. The lowest BCUT2D eigenvalue weighted by atomic mass is 9.75. The second-order valence-electron chi connectivity index (χ2n) is 6.78. The van der Waals surface area contributed by atoms with Crippen LogP contribution >= 0.6 is 11.3 Å². The summed E-state index contributed by atoms with van der Waals surface area (Å²) in [5.74, 6) is 1.05. The Morgan fingerprint density at radius 3 is 2.78 bits per heavy atom. The van der Waals surface area contributed by atoms with E-state index in [0.717, 1.165) is 24.9 Å². The van der Waals surface area contributed by atoms with Crippen LogP contribution < -0.4 is 11.1 Å². The molecule has 2 amide bonds. The van der Waals surface area contributed by atoms with Crippen LogP contribution in [0.3, 0.4) is 0 Å². The quantitative estimate of drug-likeness (QED) is 0.888. The fourth-order valence-electron chi connectivity index (χ4n) is 3.96. The van der Waals surface area contributed by atoms with E-state index in [1.54, 1.807) is 11.4 Å². The van der Waals surface area contributed by atoms with Gasteiger partial charge in [0, 0.05) is 6.54 Å². The third-order valence-electron chi connectivity index (χ3n) is 5.42. The van der Waals surface area contributed by atoms with Crippen molar-refractivity contribution in [3.05, 3.63) is 17.0 Å². The summed E-state index contributed by atoms with van der Waals surface area (Å²) < 4.78 is 0. The molecule has 0 radical (unpaired) electrons. The Bertz CT molecular complexity index is 586. The summed E-state index contributed by atoms with van der Waals surface area (Å²) in [6.45, 7) is 3.96. The van der Waals surface area contributed by atoms with Crippen molar-refractivity contribution in [2.45, 2.75) is 45.1 Å². The van der Waals surface area contributed by atoms with Crippen molar-refractivity contribution in [1.29, 1.82) is 0 Å². The van der Waals surface area contributed by atoms with E-state index >= 15 is 0 Å². The van der Waals surface area contributed by atoms with Gasteiger partial charge in [0.05, 0.1) is 11.6 Å². The number of carbonyl (C=O) groups is 2. The lowest BCUT2D eigenvalue weighted by Crippen LogP contribution is -2.50. The average molecular weight is 335 g/mol. The van der Waals surface area contributed by atoms with Gasteiger partial charge in [-0.15, -0.1) is 11.3 Å². The number of rotatable bonds is 4. The molecule has 1 aliphatic heterocycles. The SMILES string of the molecule is CC(C(=O)Nc1sccc1C(N)=O)N1CCC2CCCCC2C1. The van der Waals surface area contributed by atoms with Crippen LogP contribution in [-0.4, -0.2) is 35.8 Å². The molecule has 5 nitrogen and oxygen atoms in total. The van der Waals surface area contributed by atoms with Crippen molar-refractivity contribution in [3.63, 3.8) is 0 Å². The Hall–Kier alpha value is -1.40. The largest absolute Gasteiger partial charge is 0.366 e. The van der Waals surface area contributed by atoms with Gasteiger partial charge in [0.15, 0.2) is 0 Å². The summed E-state index contributed by atoms with van der Waals surface area (Å²) in [4.78, 5) is 26.2. The summed E-state index contributed by atoms with van der Waals surface area (Å²) >= 11 is 1.34. The average Bonchev–Trinajstić information content (AvgIpc) is 3.02. The summed E-state index contributed by atoms with van der Waals surface area (Å²) in [5, 5.41) is 5.21.